The van der Waals surface area contributed by atoms with E-state index in [0.29, 0.717) is 36.3 Å². The molecule has 1 N–H and O–H groups in total. The molecule has 1 atom stereocenters. The SMILES string of the molecule is CCOc1cccc(CNC(C)CC)c1OCc1ccccc1F.Cl. The van der Waals surface area contributed by atoms with Gasteiger partial charge in [0.2, 0.25) is 0 Å². The highest BCUT2D eigenvalue weighted by atomic mass is 35.5. The molecular weight excluding hydrogens is 341 g/mol. The summed E-state index contributed by atoms with van der Waals surface area (Å²) in [6, 6.07) is 12.9. The minimum absolute atomic E-state index is 0. The van der Waals surface area contributed by atoms with Crippen molar-refractivity contribution in [2.24, 2.45) is 0 Å². The van der Waals surface area contributed by atoms with E-state index >= 15 is 0 Å². The molecule has 2 rings (SSSR count). The normalized spacial score (nSPS) is 11.5. The third-order valence-electron chi connectivity index (χ3n) is 3.94. The second kappa shape index (κ2) is 11.0. The quantitative estimate of drug-likeness (QED) is 0.667. The maximum atomic E-state index is 13.8. The van der Waals surface area contributed by atoms with E-state index in [0.717, 1.165) is 12.0 Å². The zero-order valence-electron chi connectivity index (χ0n) is 15.0. The van der Waals surface area contributed by atoms with Gasteiger partial charge in [-0.1, -0.05) is 37.3 Å². The molecule has 1 unspecified atom stereocenters. The lowest BCUT2D eigenvalue weighted by Gasteiger charge is -2.18. The van der Waals surface area contributed by atoms with Gasteiger partial charge in [0.1, 0.15) is 12.4 Å². The van der Waals surface area contributed by atoms with E-state index in [-0.39, 0.29) is 24.8 Å². The monoisotopic (exact) mass is 367 g/mol. The van der Waals surface area contributed by atoms with Crippen molar-refractivity contribution in [2.75, 3.05) is 6.61 Å². The fourth-order valence-electron chi connectivity index (χ4n) is 2.33. The van der Waals surface area contributed by atoms with E-state index in [2.05, 4.69) is 19.2 Å². The van der Waals surface area contributed by atoms with Gasteiger partial charge in [-0.3, -0.25) is 0 Å². The Labute approximate surface area is 156 Å². The second-order valence-electron chi connectivity index (χ2n) is 5.75. The Morgan fingerprint density at radius 1 is 1.00 bits per heavy atom. The van der Waals surface area contributed by atoms with Gasteiger partial charge >= 0.3 is 0 Å². The highest BCUT2D eigenvalue weighted by molar-refractivity contribution is 5.85. The van der Waals surface area contributed by atoms with Gasteiger partial charge in [0.15, 0.2) is 11.5 Å². The first kappa shape index (κ1) is 21.3. The van der Waals surface area contributed by atoms with Gasteiger partial charge in [0.25, 0.3) is 0 Å². The van der Waals surface area contributed by atoms with E-state index < -0.39 is 0 Å². The molecule has 0 amide bonds. The standard InChI is InChI=1S/C20H26FNO2.ClH/c1-4-15(3)22-13-16-10-8-12-19(23-5-2)20(16)24-14-17-9-6-7-11-18(17)21;/h6-12,15,22H,4-5,13-14H2,1-3H3;1H. The van der Waals surface area contributed by atoms with Crippen LogP contribution in [0.5, 0.6) is 11.5 Å². The Kier molecular flexibility index (Phi) is 9.32. The molecule has 0 spiro atoms. The summed E-state index contributed by atoms with van der Waals surface area (Å²) in [5.74, 6) is 1.11. The lowest BCUT2D eigenvalue weighted by molar-refractivity contribution is 0.262. The van der Waals surface area contributed by atoms with Crippen LogP contribution in [0.4, 0.5) is 4.39 Å². The van der Waals surface area contributed by atoms with Gasteiger partial charge in [-0.15, -0.1) is 12.4 Å². The highest BCUT2D eigenvalue weighted by Crippen LogP contribution is 2.32. The molecule has 0 bridgehead atoms. The van der Waals surface area contributed by atoms with Gasteiger partial charge in [-0.2, -0.15) is 0 Å². The second-order valence-corrected chi connectivity index (χ2v) is 5.75. The Balaban J connectivity index is 0.00000312. The molecule has 25 heavy (non-hydrogen) atoms. The number of para-hydroxylation sites is 1. The van der Waals surface area contributed by atoms with Crippen molar-refractivity contribution in [3.63, 3.8) is 0 Å². The summed E-state index contributed by atoms with van der Waals surface area (Å²) in [4.78, 5) is 0. The van der Waals surface area contributed by atoms with Gasteiger partial charge in [0, 0.05) is 23.7 Å². The van der Waals surface area contributed by atoms with Crippen molar-refractivity contribution in [2.45, 2.75) is 46.4 Å². The fraction of sp³-hybridized carbons (Fsp3) is 0.400. The first-order valence-electron chi connectivity index (χ1n) is 8.50. The number of ether oxygens (including phenoxy) is 2. The molecule has 0 saturated carbocycles. The summed E-state index contributed by atoms with van der Waals surface area (Å²) in [7, 11) is 0. The third kappa shape index (κ3) is 6.22. The summed E-state index contributed by atoms with van der Waals surface area (Å²) in [6.45, 7) is 7.63. The van der Waals surface area contributed by atoms with Crippen LogP contribution in [-0.2, 0) is 13.2 Å². The summed E-state index contributed by atoms with van der Waals surface area (Å²) in [5.41, 5.74) is 1.54. The van der Waals surface area contributed by atoms with Crippen LogP contribution in [0.15, 0.2) is 42.5 Å². The average molecular weight is 368 g/mol. The molecule has 2 aromatic rings. The molecule has 0 heterocycles. The Morgan fingerprint density at radius 3 is 2.40 bits per heavy atom. The van der Waals surface area contributed by atoms with Gasteiger partial charge < -0.3 is 14.8 Å². The van der Waals surface area contributed by atoms with Crippen molar-refractivity contribution < 1.29 is 13.9 Å². The molecule has 5 heteroatoms. The molecule has 0 aliphatic rings. The summed E-state index contributed by atoms with van der Waals surface area (Å²) < 4.78 is 25.4. The third-order valence-corrected chi connectivity index (χ3v) is 3.94. The van der Waals surface area contributed by atoms with Crippen molar-refractivity contribution in [3.05, 3.63) is 59.4 Å². The molecule has 2 aromatic carbocycles. The van der Waals surface area contributed by atoms with E-state index in [4.69, 9.17) is 9.47 Å². The predicted octanol–water partition coefficient (Wildman–Crippen LogP) is 5.11. The van der Waals surface area contributed by atoms with Crippen LogP contribution in [0.3, 0.4) is 0 Å². The first-order valence-corrected chi connectivity index (χ1v) is 8.50. The Morgan fingerprint density at radius 2 is 1.72 bits per heavy atom. The van der Waals surface area contributed by atoms with E-state index in [1.54, 1.807) is 12.1 Å². The van der Waals surface area contributed by atoms with Crippen molar-refractivity contribution in [1.82, 2.24) is 5.32 Å². The summed E-state index contributed by atoms with van der Waals surface area (Å²) in [5, 5.41) is 3.46. The highest BCUT2D eigenvalue weighted by Gasteiger charge is 2.13. The molecule has 3 nitrogen and oxygen atoms in total. The fourth-order valence-corrected chi connectivity index (χ4v) is 2.33. The maximum absolute atomic E-state index is 13.8. The van der Waals surface area contributed by atoms with Crippen LogP contribution in [0.25, 0.3) is 0 Å². The van der Waals surface area contributed by atoms with Crippen LogP contribution in [0.2, 0.25) is 0 Å². The van der Waals surface area contributed by atoms with E-state index in [1.807, 2.05) is 31.2 Å². The minimum Gasteiger partial charge on any atom is -0.490 e. The van der Waals surface area contributed by atoms with Crippen molar-refractivity contribution >= 4 is 12.4 Å². The van der Waals surface area contributed by atoms with Crippen molar-refractivity contribution in [3.8, 4) is 11.5 Å². The van der Waals surface area contributed by atoms with E-state index in [1.165, 1.54) is 6.07 Å². The van der Waals surface area contributed by atoms with Crippen LogP contribution < -0.4 is 14.8 Å². The van der Waals surface area contributed by atoms with Crippen LogP contribution in [0.1, 0.15) is 38.3 Å². The number of hydrogen-bond donors (Lipinski definition) is 1. The molecule has 0 aliphatic carbocycles. The lowest BCUT2D eigenvalue weighted by Crippen LogP contribution is -2.24. The largest absolute Gasteiger partial charge is 0.490 e. The summed E-state index contributed by atoms with van der Waals surface area (Å²) >= 11 is 0. The lowest BCUT2D eigenvalue weighted by atomic mass is 10.1. The maximum Gasteiger partial charge on any atom is 0.166 e. The topological polar surface area (TPSA) is 30.5 Å². The molecule has 0 fully saturated rings. The van der Waals surface area contributed by atoms with E-state index in [9.17, 15) is 4.39 Å². The number of benzene rings is 2. The van der Waals surface area contributed by atoms with Crippen LogP contribution >= 0.6 is 12.4 Å². The predicted molar refractivity (Wildman–Crippen MR) is 102 cm³/mol. The van der Waals surface area contributed by atoms with Gasteiger partial charge in [-0.05, 0) is 32.4 Å². The molecule has 0 aliphatic heterocycles. The average Bonchev–Trinajstić information content (AvgIpc) is 2.60. The Bertz CT molecular complexity index is 651. The van der Waals surface area contributed by atoms with Gasteiger partial charge in [-0.25, -0.2) is 4.39 Å². The number of halogens is 2. The number of hydrogen-bond acceptors (Lipinski definition) is 3. The number of rotatable bonds is 9. The molecule has 0 aromatic heterocycles. The zero-order valence-corrected chi connectivity index (χ0v) is 15.9. The first-order chi connectivity index (χ1) is 11.7. The zero-order chi connectivity index (χ0) is 17.4. The number of nitrogens with one attached hydrogen (secondary N) is 1. The summed E-state index contributed by atoms with van der Waals surface area (Å²) in [6.07, 6.45) is 1.05. The van der Waals surface area contributed by atoms with Crippen LogP contribution in [-0.4, -0.2) is 12.6 Å². The molecular formula is C20H27ClFNO2. The van der Waals surface area contributed by atoms with Crippen LogP contribution in [0, 0.1) is 5.82 Å². The molecule has 0 radical (unpaired) electrons. The smallest absolute Gasteiger partial charge is 0.166 e. The molecule has 0 saturated heterocycles. The Hall–Kier alpha value is -1.78. The minimum atomic E-state index is -0.259. The van der Waals surface area contributed by atoms with Gasteiger partial charge in [0.05, 0.1) is 6.61 Å². The molecule has 138 valence electrons. The van der Waals surface area contributed by atoms with Crippen molar-refractivity contribution in [1.29, 1.82) is 0 Å².